The minimum atomic E-state index is -3.52. The molecule has 1 spiro atoms. The van der Waals surface area contributed by atoms with Crippen molar-refractivity contribution in [3.63, 3.8) is 0 Å². The standard InChI is InChI=1S/C64H44N2/c1-63(2)53-24-11-6-19-46(53)49-37-35-44(39-58(49)63)65(43-33-31-42(32-34-43)41-17-4-3-5-18-41)45-36-38-51-50-22-10-15-29-59(50)66(61(51)40-45)60-30-16-28-57-62(60)52-23-9-14-27-56(52)64(57)54-25-12-7-20-47(54)48-21-8-13-26-55(48)64/h3-40H,1-2H3/i1D3,2D3,3D,4D,5D,7D,8D,9D,10D,12D,13D,14D,15D,16D,17D,18D,20D,21D,22D,23D,25D,26D,27D,28D,29D,30D,31D,32D,33D,34D,36D,38D,40D. The molecule has 66 heavy (non-hydrogen) atoms. The molecule has 0 amide bonds. The van der Waals surface area contributed by atoms with Gasteiger partial charge in [0.15, 0.2) is 0 Å². The number of fused-ring (bicyclic) bond motifs is 16. The largest absolute Gasteiger partial charge is 0.310 e. The summed E-state index contributed by atoms with van der Waals surface area (Å²) < 4.78 is 349. The lowest BCUT2D eigenvalue weighted by Crippen LogP contribution is -2.25. The van der Waals surface area contributed by atoms with E-state index in [1.807, 2.05) is 0 Å². The number of hydrogen-bond acceptors (Lipinski definition) is 1. The third-order valence-electron chi connectivity index (χ3n) is 12.4. The van der Waals surface area contributed by atoms with Crippen LogP contribution in [0.3, 0.4) is 0 Å². The Bertz CT molecular complexity index is 5740. The summed E-state index contributed by atoms with van der Waals surface area (Å²) in [6, 6.07) is -24.5. The van der Waals surface area contributed by atoms with Gasteiger partial charge in [-0.05, 0) is 121 Å². The van der Waals surface area contributed by atoms with Gasteiger partial charge in [0, 0.05) is 47.0 Å². The predicted molar refractivity (Wildman–Crippen MR) is 275 cm³/mol. The van der Waals surface area contributed by atoms with Crippen LogP contribution < -0.4 is 4.90 Å². The maximum Gasteiger partial charge on any atom is 0.0726 e. The van der Waals surface area contributed by atoms with Crippen LogP contribution >= 0.6 is 0 Å². The fourth-order valence-electron chi connectivity index (χ4n) is 9.71. The third kappa shape index (κ3) is 4.91. The Kier molecular flexibility index (Phi) is 3.32. The normalized spacial score (nSPS) is 22.5. The van der Waals surface area contributed by atoms with Crippen LogP contribution in [0, 0.1) is 0 Å². The Balaban J connectivity index is 1.23. The van der Waals surface area contributed by atoms with Crippen LogP contribution in [0.1, 0.15) is 97.8 Å². The zero-order valence-electron chi connectivity index (χ0n) is 70.4. The minimum absolute atomic E-state index is 0.0320. The average molecular weight is 878 g/mol. The molecule has 0 aliphatic heterocycles. The first-order chi connectivity index (χ1) is 47.9. The topological polar surface area (TPSA) is 8.17 Å². The van der Waals surface area contributed by atoms with Crippen LogP contribution in [0.4, 0.5) is 17.1 Å². The van der Waals surface area contributed by atoms with Crippen LogP contribution in [0.15, 0.2) is 230 Å². The third-order valence-corrected chi connectivity index (χ3v) is 12.4. The molecular weight excluding hydrogens is 797 g/mol. The molecule has 11 aromatic rings. The fraction of sp³-hybridized carbons (Fsp3) is 0.0625. The molecule has 0 radical (unpaired) electrons. The lowest BCUT2D eigenvalue weighted by Gasteiger charge is -2.30. The highest BCUT2D eigenvalue weighted by atomic mass is 15.1. The quantitative estimate of drug-likeness (QED) is 0.167. The maximum atomic E-state index is 10.8. The first-order valence-corrected chi connectivity index (χ1v) is 20.2. The summed E-state index contributed by atoms with van der Waals surface area (Å²) in [4.78, 5) is 0.612. The van der Waals surface area contributed by atoms with Crippen LogP contribution in [-0.2, 0) is 10.8 Å². The summed E-state index contributed by atoms with van der Waals surface area (Å²) in [7, 11) is 0. The van der Waals surface area contributed by atoms with Crippen molar-refractivity contribution in [1.29, 1.82) is 0 Å². The smallest absolute Gasteiger partial charge is 0.0726 e. The van der Waals surface area contributed by atoms with Crippen LogP contribution in [0.25, 0.3) is 72.0 Å². The summed E-state index contributed by atoms with van der Waals surface area (Å²) in [5, 5.41) is -1.56. The van der Waals surface area contributed by atoms with E-state index in [0.717, 1.165) is 12.1 Å². The first-order valence-electron chi connectivity index (χ1n) is 38.7. The number of benzene rings is 10. The van der Waals surface area contributed by atoms with Gasteiger partial charge in [-0.1, -0.05) is 195 Å². The summed E-state index contributed by atoms with van der Waals surface area (Å²) in [5.41, 5.74) is -20.1. The van der Waals surface area contributed by atoms with E-state index in [4.69, 9.17) is 21.9 Å². The number of nitrogens with zero attached hydrogens (tertiary/aromatic N) is 2. The average Bonchev–Trinajstić information content (AvgIpc) is 1.47. The van der Waals surface area contributed by atoms with E-state index in [1.54, 1.807) is 0 Å². The number of hydrogen-bond donors (Lipinski definition) is 0. The van der Waals surface area contributed by atoms with Gasteiger partial charge < -0.3 is 9.47 Å². The van der Waals surface area contributed by atoms with Gasteiger partial charge in [0.25, 0.3) is 0 Å². The van der Waals surface area contributed by atoms with E-state index in [2.05, 4.69) is 0 Å². The Morgan fingerprint density at radius 2 is 1.03 bits per heavy atom. The molecule has 0 bridgehead atoms. The molecule has 3 aliphatic rings. The van der Waals surface area contributed by atoms with Crippen molar-refractivity contribution < 1.29 is 50.7 Å². The number of rotatable bonds is 5. The van der Waals surface area contributed by atoms with E-state index in [-0.39, 0.29) is 16.7 Å². The van der Waals surface area contributed by atoms with Crippen LogP contribution in [0.2, 0.25) is 0 Å². The molecule has 1 heterocycles. The SMILES string of the molecule is [2H]c1c([2H])c([2H])c(-c2c([2H])c([2H])c(N(c3ccc4c(c3)C(C([2H])([2H])[2H])(C([2H])([2H])[2H])c3ccccc3-4)c3c([2H])c([2H])c4c5c([2H])c([2H])c([2H])c([2H])c5n(-c5c([2H])c([2H])c([2H])c6c5-c5c([2H])c([2H])c([2H])c([2H])c5C65c6c([2H])c([2H])c([2H])c([2H])c6-c6c([2H])c([2H])c([2H])c([2H])c65)c4c3[2H])c([2H])c2[2H])c([2H])c1[2H]. The summed E-state index contributed by atoms with van der Waals surface area (Å²) in [6.45, 7) is -7.05. The molecular formula is C64H44N2. The highest BCUT2D eigenvalue weighted by Gasteiger charge is 2.52. The fourth-order valence-corrected chi connectivity index (χ4v) is 9.71. The highest BCUT2D eigenvalue weighted by Crippen LogP contribution is 2.64. The van der Waals surface area contributed by atoms with Gasteiger partial charge in [-0.25, -0.2) is 0 Å². The van der Waals surface area contributed by atoms with Gasteiger partial charge in [-0.2, -0.15) is 0 Å². The second-order valence-electron chi connectivity index (χ2n) is 15.6. The maximum absolute atomic E-state index is 10.8. The molecule has 0 atom stereocenters. The summed E-state index contributed by atoms with van der Waals surface area (Å²) >= 11 is 0. The lowest BCUT2D eigenvalue weighted by molar-refractivity contribution is 0.660. The van der Waals surface area contributed by atoms with E-state index >= 15 is 0 Å². The van der Waals surface area contributed by atoms with Gasteiger partial charge in [-0.15, -0.1) is 0 Å². The molecule has 0 saturated carbocycles. The molecule has 1 aromatic heterocycles. The van der Waals surface area contributed by atoms with E-state index in [9.17, 15) is 28.8 Å². The molecule has 0 unspecified atom stereocenters. The van der Waals surface area contributed by atoms with Crippen molar-refractivity contribution in [1.82, 2.24) is 4.57 Å². The summed E-state index contributed by atoms with van der Waals surface area (Å²) in [6.07, 6.45) is 0. The van der Waals surface area contributed by atoms with Gasteiger partial charge in [0.05, 0.1) is 64.6 Å². The number of aromatic nitrogens is 1. The van der Waals surface area contributed by atoms with Crippen molar-refractivity contribution in [2.45, 2.75) is 24.5 Å². The van der Waals surface area contributed by atoms with Gasteiger partial charge in [0.2, 0.25) is 0 Å². The molecule has 10 aromatic carbocycles. The monoisotopic (exact) mass is 878 g/mol. The van der Waals surface area contributed by atoms with Crippen molar-refractivity contribution in [3.05, 3.63) is 263 Å². The van der Waals surface area contributed by atoms with Gasteiger partial charge >= 0.3 is 0 Å². The van der Waals surface area contributed by atoms with E-state index in [0.29, 0.717) is 9.47 Å². The van der Waals surface area contributed by atoms with Gasteiger partial charge in [-0.3, -0.25) is 0 Å². The van der Waals surface area contributed by atoms with Crippen molar-refractivity contribution in [2.24, 2.45) is 0 Å². The van der Waals surface area contributed by atoms with E-state index < -0.39 is 318 Å². The molecule has 14 rings (SSSR count). The van der Waals surface area contributed by atoms with E-state index in [1.165, 1.54) is 30.3 Å². The summed E-state index contributed by atoms with van der Waals surface area (Å²) in [5.74, 6) is 0. The zero-order chi connectivity index (χ0) is 75.7. The second kappa shape index (κ2) is 13.7. The second-order valence-corrected chi connectivity index (χ2v) is 15.6. The number of para-hydroxylation sites is 1. The lowest BCUT2D eigenvalue weighted by atomic mass is 9.70. The highest BCUT2D eigenvalue weighted by molar-refractivity contribution is 6.11. The van der Waals surface area contributed by atoms with Gasteiger partial charge in [0.1, 0.15) is 0 Å². The molecule has 0 fully saturated rings. The Morgan fingerprint density at radius 3 is 1.80 bits per heavy atom. The van der Waals surface area contributed by atoms with Crippen LogP contribution in [-0.4, -0.2) is 4.57 Å². The molecule has 2 nitrogen and oxygen atoms in total. The number of anilines is 3. The van der Waals surface area contributed by atoms with Crippen molar-refractivity contribution in [2.75, 3.05) is 4.90 Å². The Morgan fingerprint density at radius 1 is 0.424 bits per heavy atom. The minimum Gasteiger partial charge on any atom is -0.310 e. The predicted octanol–water partition coefficient (Wildman–Crippen LogP) is 16.6. The molecule has 2 heteroatoms. The molecule has 0 N–H and O–H groups in total. The van der Waals surface area contributed by atoms with Crippen molar-refractivity contribution >= 4 is 38.9 Å². The van der Waals surface area contributed by atoms with Crippen LogP contribution in [0.5, 0.6) is 0 Å². The zero-order valence-corrected chi connectivity index (χ0v) is 33.4. The molecule has 0 saturated heterocycles. The Labute approximate surface area is 437 Å². The molecule has 3 aliphatic carbocycles. The molecule has 310 valence electrons. The van der Waals surface area contributed by atoms with Crippen molar-refractivity contribution in [3.8, 4) is 50.2 Å². The Hall–Kier alpha value is -8.20. The first kappa shape index (κ1) is 16.0.